The van der Waals surface area contributed by atoms with Crippen molar-refractivity contribution in [3.63, 3.8) is 0 Å². The summed E-state index contributed by atoms with van der Waals surface area (Å²) in [5.74, 6) is 4.65. The van der Waals surface area contributed by atoms with Gasteiger partial charge in [-0.15, -0.1) is 0 Å². The molecule has 0 aliphatic carbocycles. The third kappa shape index (κ3) is 6.23. The van der Waals surface area contributed by atoms with Crippen LogP contribution in [0.4, 0.5) is 0 Å². The van der Waals surface area contributed by atoms with Crippen molar-refractivity contribution in [3.05, 3.63) is 10.4 Å². The van der Waals surface area contributed by atoms with Crippen LogP contribution in [0.2, 0.25) is 0 Å². The van der Waals surface area contributed by atoms with Crippen LogP contribution in [-0.4, -0.2) is 7.05 Å². The summed E-state index contributed by atoms with van der Waals surface area (Å²) in [7, 11) is 0.982. The molecule has 6 heteroatoms. The van der Waals surface area contributed by atoms with Crippen LogP contribution in [0.15, 0.2) is 0 Å². The summed E-state index contributed by atoms with van der Waals surface area (Å²) in [4.78, 5) is -0.694. The molecule has 0 aliphatic heterocycles. The molecule has 5 nitrogen and oxygen atoms in total. The van der Waals surface area contributed by atoms with E-state index in [2.05, 4.69) is 5.84 Å². The average Bonchev–Trinajstić information content (AvgIpc) is 1.27. The third-order valence-corrected chi connectivity index (χ3v) is 0.898. The number of quaternary nitrogens is 2. The van der Waals surface area contributed by atoms with Crippen molar-refractivity contribution in [2.75, 3.05) is 7.05 Å². The van der Waals surface area contributed by atoms with Crippen LogP contribution in [-0.2, 0) is 0 Å². The van der Waals surface area contributed by atoms with Gasteiger partial charge in [0.05, 0.1) is 7.05 Å². The Bertz CT molecular complexity index is 42.2. The van der Waals surface area contributed by atoms with Crippen molar-refractivity contribution in [2.45, 2.75) is 0 Å². The lowest BCUT2D eigenvalue weighted by atomic mass is 11.6. The van der Waals surface area contributed by atoms with Crippen LogP contribution >= 0.6 is 8.88 Å². The summed E-state index contributed by atoms with van der Waals surface area (Å²) in [5.41, 5.74) is 0. The molecule has 7 heavy (non-hydrogen) atoms. The topological polar surface area (TPSA) is 81.0 Å². The molecule has 0 amide bonds. The lowest BCUT2D eigenvalue weighted by Gasteiger charge is -2.18. The molecule has 0 spiro atoms. The number of hydrogen-bond acceptors (Lipinski definition) is 3. The Labute approximate surface area is 43.1 Å². The minimum Gasteiger partial charge on any atom is -0.630 e. The van der Waals surface area contributed by atoms with E-state index in [0.717, 1.165) is 0 Å². The van der Waals surface area contributed by atoms with E-state index in [1.54, 1.807) is 0 Å². The zero-order chi connectivity index (χ0) is 5.86. The van der Waals surface area contributed by atoms with Gasteiger partial charge in [0.2, 0.25) is 0 Å². The van der Waals surface area contributed by atoms with Gasteiger partial charge in [-0.3, -0.25) is 0 Å². The average molecular weight is 125 g/mol. The molecule has 4 N–H and O–H groups in total. The highest BCUT2D eigenvalue weighted by Crippen LogP contribution is 1.66. The van der Waals surface area contributed by atoms with Crippen LogP contribution in [0.1, 0.15) is 0 Å². The zero-order valence-electron chi connectivity index (χ0n) is 3.89. The van der Waals surface area contributed by atoms with Crippen LogP contribution in [0, 0.1) is 10.4 Å². The summed E-state index contributed by atoms with van der Waals surface area (Å²) >= 11 is 0. The van der Waals surface area contributed by atoms with E-state index >= 15 is 0 Å². The van der Waals surface area contributed by atoms with Gasteiger partial charge in [-0.2, -0.15) is 5.84 Å². The second kappa shape index (κ2) is 3.26. The van der Waals surface area contributed by atoms with Crippen molar-refractivity contribution in [2.24, 2.45) is 5.84 Å². The van der Waals surface area contributed by atoms with Crippen molar-refractivity contribution in [1.29, 1.82) is 0 Å². The Hall–Kier alpha value is 0.230. The largest absolute Gasteiger partial charge is 0.630 e. The Balaban J connectivity index is 2.95. The van der Waals surface area contributed by atoms with Crippen molar-refractivity contribution in [3.8, 4) is 0 Å². The lowest BCUT2D eigenvalue weighted by Crippen LogP contribution is -3.17. The van der Waals surface area contributed by atoms with Crippen LogP contribution in [0.5, 0.6) is 0 Å². The van der Waals surface area contributed by atoms with Crippen molar-refractivity contribution in [1.82, 2.24) is 0 Å². The molecule has 3 atom stereocenters. The van der Waals surface area contributed by atoms with Crippen molar-refractivity contribution >= 4 is 8.88 Å². The molecular weight excluding hydrogens is 117 g/mol. The zero-order valence-corrected chi connectivity index (χ0v) is 4.89. The molecule has 0 aromatic rings. The summed E-state index contributed by atoms with van der Waals surface area (Å²) in [6, 6.07) is 0. The first kappa shape index (κ1) is 7.23. The molecule has 0 radical (unpaired) electrons. The van der Waals surface area contributed by atoms with Gasteiger partial charge in [-0.25, -0.2) is 4.94 Å². The molecule has 0 aromatic carbocycles. The minimum absolute atomic E-state index is 0.160. The van der Waals surface area contributed by atoms with Crippen molar-refractivity contribution < 1.29 is 9.78 Å². The molecule has 3 unspecified atom stereocenters. The Kier molecular flexibility index (Phi) is 3.37. The summed E-state index contributed by atoms with van der Waals surface area (Å²) in [6.07, 6.45) is 0. The van der Waals surface area contributed by atoms with Crippen LogP contribution in [0.25, 0.3) is 0 Å². The summed E-state index contributed by atoms with van der Waals surface area (Å²) < 4.78 is 0. The van der Waals surface area contributed by atoms with E-state index in [0.29, 0.717) is 0 Å². The maximum atomic E-state index is 9.97. The maximum absolute atomic E-state index is 9.97. The number of hydrogen-bond donors (Lipinski definition) is 3. The normalized spacial score (nSPS) is 20.6. The summed E-state index contributed by atoms with van der Waals surface area (Å²) in [5, 5.41) is 19.8. The highest BCUT2D eigenvalue weighted by atomic mass is 31.1. The minimum atomic E-state index is -0.535. The molecule has 0 saturated heterocycles. The molecule has 0 saturated carbocycles. The molecule has 0 heterocycles. The lowest BCUT2D eigenvalue weighted by molar-refractivity contribution is -0.804. The molecule has 0 fully saturated rings. The molecule has 0 rings (SSSR count). The highest BCUT2D eigenvalue weighted by Gasteiger charge is 1.91. The highest BCUT2D eigenvalue weighted by molar-refractivity contribution is 7.22. The number of hydroxylamine groups is 1. The van der Waals surface area contributed by atoms with E-state index in [9.17, 15) is 10.4 Å². The predicted molar refractivity (Wildman–Crippen MR) is 27.1 cm³/mol. The molecule has 0 aromatic heterocycles. The molecular formula is CH8N3O2P. The Morgan fingerprint density at radius 3 is 2.00 bits per heavy atom. The van der Waals surface area contributed by atoms with Gasteiger partial charge in [0.15, 0.2) is 0 Å². The van der Waals surface area contributed by atoms with Gasteiger partial charge in [-0.1, -0.05) is 0 Å². The fourth-order valence-electron chi connectivity index (χ4n) is 0.173. The summed E-state index contributed by atoms with van der Waals surface area (Å²) in [6.45, 7) is 0. The molecule has 0 bridgehead atoms. The second-order valence-corrected chi connectivity index (χ2v) is 2.49. The first-order chi connectivity index (χ1) is 3.13. The quantitative estimate of drug-likeness (QED) is 0.206. The number of nitrogens with one attached hydrogen (secondary N) is 2. The maximum Gasteiger partial charge on any atom is 0.326 e. The number of rotatable bonds is 2. The Morgan fingerprint density at radius 2 is 2.00 bits per heavy atom. The van der Waals surface area contributed by atoms with Gasteiger partial charge in [0, 0.05) is 0 Å². The van der Waals surface area contributed by atoms with E-state index in [1.807, 2.05) is 0 Å². The SMILES string of the molecule is C[NH+]([O-])P[NH+](N)[O-]. The van der Waals surface area contributed by atoms with Crippen LogP contribution in [0.3, 0.4) is 0 Å². The van der Waals surface area contributed by atoms with Crippen LogP contribution < -0.4 is 15.6 Å². The predicted octanol–water partition coefficient (Wildman–Crippen LogP) is -3.24. The van der Waals surface area contributed by atoms with E-state index in [-0.39, 0.29) is 13.7 Å². The van der Waals surface area contributed by atoms with E-state index < -0.39 is 4.94 Å². The van der Waals surface area contributed by atoms with Gasteiger partial charge < -0.3 is 15.2 Å². The molecule has 44 valence electrons. The molecule has 0 aliphatic rings. The number of nitrogens with two attached hydrogens (primary N) is 1. The van der Waals surface area contributed by atoms with E-state index in [4.69, 9.17) is 0 Å². The van der Waals surface area contributed by atoms with Gasteiger partial charge >= 0.3 is 8.88 Å². The fraction of sp³-hybridized carbons (Fsp3) is 1.00. The first-order valence-electron chi connectivity index (χ1n) is 1.70. The standard InChI is InChI=1S/CH8N3O2P/c1-3(5)7-4(2)6/h3-4,7H,2H2,1H3. The van der Waals surface area contributed by atoms with Gasteiger partial charge in [0.25, 0.3) is 0 Å². The first-order valence-corrected chi connectivity index (χ1v) is 2.70. The fourth-order valence-corrected chi connectivity index (χ4v) is 0.520. The van der Waals surface area contributed by atoms with Gasteiger partial charge in [-0.05, 0) is 0 Å². The third-order valence-electron chi connectivity index (χ3n) is 0.299. The van der Waals surface area contributed by atoms with E-state index in [1.165, 1.54) is 7.05 Å². The monoisotopic (exact) mass is 125 g/mol. The smallest absolute Gasteiger partial charge is 0.326 e. The Morgan fingerprint density at radius 1 is 1.57 bits per heavy atom. The second-order valence-electron chi connectivity index (χ2n) is 1.05. The van der Waals surface area contributed by atoms with Gasteiger partial charge in [0.1, 0.15) is 0 Å².